The molecule has 0 heterocycles. The summed E-state index contributed by atoms with van der Waals surface area (Å²) in [4.78, 5) is 23.3. The van der Waals surface area contributed by atoms with Crippen LogP contribution in [0.4, 0.5) is 0 Å². The normalized spacial score (nSPS) is 11.9. The SMILES string of the molecule is CC(C)C(=O)NS(=O)(=O)c1cc(CI)cc(S(=O)(=O)NC(=O)c2ccccc2)c1. The molecule has 0 saturated carbocycles. The highest BCUT2D eigenvalue weighted by Gasteiger charge is 2.25. The highest BCUT2D eigenvalue weighted by atomic mass is 127. The lowest BCUT2D eigenvalue weighted by Crippen LogP contribution is -2.34. The first-order valence-corrected chi connectivity index (χ1v) is 12.8. The minimum Gasteiger partial charge on any atom is -0.274 e. The summed E-state index contributed by atoms with van der Waals surface area (Å²) in [5, 5.41) is 0. The molecule has 2 amide bonds. The van der Waals surface area contributed by atoms with Gasteiger partial charge in [-0.1, -0.05) is 54.6 Å². The molecule has 8 nitrogen and oxygen atoms in total. The molecule has 0 aliphatic rings. The average Bonchev–Trinajstić information content (AvgIpc) is 2.67. The molecular weight excluding hydrogens is 531 g/mol. The molecular formula is C18H19IN2O6S2. The number of halogens is 1. The third-order valence-corrected chi connectivity index (χ3v) is 7.25. The van der Waals surface area contributed by atoms with Crippen molar-refractivity contribution in [3.63, 3.8) is 0 Å². The van der Waals surface area contributed by atoms with Crippen LogP contribution in [0.3, 0.4) is 0 Å². The Kier molecular flexibility index (Phi) is 7.40. The summed E-state index contributed by atoms with van der Waals surface area (Å²) in [5.74, 6) is -2.14. The molecule has 0 saturated heterocycles. The Morgan fingerprint density at radius 1 is 0.897 bits per heavy atom. The van der Waals surface area contributed by atoms with E-state index in [0.29, 0.717) is 9.99 Å². The second kappa shape index (κ2) is 9.22. The number of carbonyl (C=O) groups excluding carboxylic acids is 2. The number of amides is 2. The van der Waals surface area contributed by atoms with Crippen molar-refractivity contribution in [2.75, 3.05) is 0 Å². The maximum absolute atomic E-state index is 12.7. The molecule has 29 heavy (non-hydrogen) atoms. The van der Waals surface area contributed by atoms with Gasteiger partial charge in [0.05, 0.1) is 9.79 Å². The first-order valence-electron chi connectivity index (χ1n) is 8.35. The Hall–Kier alpha value is -1.99. The van der Waals surface area contributed by atoms with Gasteiger partial charge in [-0.05, 0) is 35.9 Å². The van der Waals surface area contributed by atoms with Crippen molar-refractivity contribution in [2.45, 2.75) is 28.1 Å². The Balaban J connectivity index is 2.44. The van der Waals surface area contributed by atoms with Gasteiger partial charge in [-0.25, -0.2) is 26.3 Å². The molecule has 0 fully saturated rings. The second-order valence-electron chi connectivity index (χ2n) is 6.37. The van der Waals surface area contributed by atoms with Crippen molar-refractivity contribution in [2.24, 2.45) is 5.92 Å². The molecule has 0 aliphatic carbocycles. The van der Waals surface area contributed by atoms with Gasteiger partial charge in [-0.15, -0.1) is 0 Å². The third-order valence-electron chi connectivity index (χ3n) is 3.74. The number of carbonyl (C=O) groups is 2. The quantitative estimate of drug-likeness (QED) is 0.402. The maximum Gasteiger partial charge on any atom is 0.264 e. The van der Waals surface area contributed by atoms with Crippen LogP contribution in [0.25, 0.3) is 0 Å². The minimum atomic E-state index is -4.35. The predicted octanol–water partition coefficient (Wildman–Crippen LogP) is 2.20. The monoisotopic (exact) mass is 550 g/mol. The molecule has 2 rings (SSSR count). The van der Waals surface area contributed by atoms with Gasteiger partial charge < -0.3 is 0 Å². The minimum absolute atomic E-state index is 0.137. The number of hydrogen-bond donors (Lipinski definition) is 2. The van der Waals surface area contributed by atoms with Gasteiger partial charge in [0, 0.05) is 15.9 Å². The molecule has 0 radical (unpaired) electrons. The van der Waals surface area contributed by atoms with Crippen molar-refractivity contribution < 1.29 is 26.4 Å². The van der Waals surface area contributed by atoms with Gasteiger partial charge in [0.15, 0.2) is 0 Å². The average molecular weight is 550 g/mol. The number of rotatable bonds is 7. The lowest BCUT2D eigenvalue weighted by atomic mass is 10.2. The Morgan fingerprint density at radius 3 is 1.90 bits per heavy atom. The summed E-state index contributed by atoms with van der Waals surface area (Å²) >= 11 is 1.95. The summed E-state index contributed by atoms with van der Waals surface area (Å²) in [6.45, 7) is 3.06. The number of hydrogen-bond acceptors (Lipinski definition) is 6. The van der Waals surface area contributed by atoms with Crippen molar-refractivity contribution in [1.29, 1.82) is 0 Å². The zero-order valence-electron chi connectivity index (χ0n) is 15.5. The fourth-order valence-corrected chi connectivity index (χ4v) is 4.95. The summed E-state index contributed by atoms with van der Waals surface area (Å²) < 4.78 is 54.6. The maximum atomic E-state index is 12.7. The smallest absolute Gasteiger partial charge is 0.264 e. The van der Waals surface area contributed by atoms with Crippen LogP contribution in [0, 0.1) is 5.92 Å². The summed E-state index contributed by atoms with van der Waals surface area (Å²) in [7, 11) is -8.63. The van der Waals surface area contributed by atoms with E-state index in [1.165, 1.54) is 38.1 Å². The Bertz CT molecular complexity index is 1130. The molecule has 156 valence electrons. The fraction of sp³-hybridized carbons (Fsp3) is 0.222. The zero-order chi connectivity index (χ0) is 21.8. The first kappa shape index (κ1) is 23.3. The molecule has 0 aliphatic heterocycles. The van der Waals surface area contributed by atoms with Crippen molar-refractivity contribution in [3.8, 4) is 0 Å². The molecule has 0 aromatic heterocycles. The van der Waals surface area contributed by atoms with Gasteiger partial charge in [0.1, 0.15) is 0 Å². The fourth-order valence-electron chi connectivity index (χ4n) is 2.16. The number of alkyl halides is 1. The zero-order valence-corrected chi connectivity index (χ0v) is 19.3. The van der Waals surface area contributed by atoms with Crippen LogP contribution in [0.2, 0.25) is 0 Å². The van der Waals surface area contributed by atoms with E-state index in [1.54, 1.807) is 18.2 Å². The molecule has 11 heteroatoms. The van der Waals surface area contributed by atoms with E-state index < -0.39 is 42.7 Å². The lowest BCUT2D eigenvalue weighted by molar-refractivity contribution is -0.122. The van der Waals surface area contributed by atoms with Crippen molar-refractivity contribution >= 4 is 54.5 Å². The van der Waals surface area contributed by atoms with E-state index in [0.717, 1.165) is 6.07 Å². The highest BCUT2D eigenvalue weighted by molar-refractivity contribution is 14.1. The van der Waals surface area contributed by atoms with Gasteiger partial charge in [-0.2, -0.15) is 0 Å². The van der Waals surface area contributed by atoms with Crippen LogP contribution in [0.5, 0.6) is 0 Å². The largest absolute Gasteiger partial charge is 0.274 e. The van der Waals surface area contributed by atoms with Crippen LogP contribution in [0.1, 0.15) is 29.8 Å². The predicted molar refractivity (Wildman–Crippen MR) is 115 cm³/mol. The van der Waals surface area contributed by atoms with Crippen LogP contribution < -0.4 is 9.44 Å². The van der Waals surface area contributed by atoms with E-state index in [-0.39, 0.29) is 10.5 Å². The van der Waals surface area contributed by atoms with Crippen LogP contribution in [-0.2, 0) is 29.3 Å². The number of sulfonamides is 2. The van der Waals surface area contributed by atoms with Gasteiger partial charge in [-0.3, -0.25) is 9.59 Å². The molecule has 0 unspecified atom stereocenters. The standard InChI is InChI=1S/C18H19IN2O6S2/c1-12(2)17(22)20-28(24,25)15-8-13(11-19)9-16(10-15)29(26,27)21-18(23)14-6-4-3-5-7-14/h3-10,12H,11H2,1-2H3,(H,20,22)(H,21,23). The van der Waals surface area contributed by atoms with E-state index in [2.05, 4.69) is 0 Å². The molecule has 0 spiro atoms. The van der Waals surface area contributed by atoms with Crippen molar-refractivity contribution in [1.82, 2.24) is 9.44 Å². The molecule has 0 bridgehead atoms. The third kappa shape index (κ3) is 6.00. The number of nitrogens with one attached hydrogen (secondary N) is 2. The van der Waals surface area contributed by atoms with Crippen LogP contribution in [-0.4, -0.2) is 28.6 Å². The summed E-state index contributed by atoms with van der Waals surface area (Å²) in [5.41, 5.74) is 0.538. The van der Waals surface area contributed by atoms with Gasteiger partial charge in [0.25, 0.3) is 26.0 Å². The number of benzene rings is 2. The second-order valence-corrected chi connectivity index (χ2v) is 10.5. The topological polar surface area (TPSA) is 126 Å². The molecule has 2 N–H and O–H groups in total. The highest BCUT2D eigenvalue weighted by Crippen LogP contribution is 2.21. The molecule has 2 aromatic rings. The lowest BCUT2D eigenvalue weighted by Gasteiger charge is -2.13. The van der Waals surface area contributed by atoms with Gasteiger partial charge in [0.2, 0.25) is 5.91 Å². The van der Waals surface area contributed by atoms with Crippen molar-refractivity contribution in [3.05, 3.63) is 59.7 Å². The van der Waals surface area contributed by atoms with E-state index in [4.69, 9.17) is 0 Å². The van der Waals surface area contributed by atoms with Crippen LogP contribution in [0.15, 0.2) is 58.3 Å². The Labute approximate surface area is 183 Å². The molecule has 2 aromatic carbocycles. The Morgan fingerprint density at radius 2 is 1.41 bits per heavy atom. The first-order chi connectivity index (χ1) is 13.5. The van der Waals surface area contributed by atoms with E-state index in [1.807, 2.05) is 32.0 Å². The molecule has 0 atom stereocenters. The van der Waals surface area contributed by atoms with Gasteiger partial charge >= 0.3 is 0 Å². The van der Waals surface area contributed by atoms with E-state index >= 15 is 0 Å². The van der Waals surface area contributed by atoms with Crippen LogP contribution >= 0.6 is 22.6 Å². The summed E-state index contributed by atoms with van der Waals surface area (Å²) in [6.07, 6.45) is 0. The van der Waals surface area contributed by atoms with E-state index in [9.17, 15) is 26.4 Å². The summed E-state index contributed by atoms with van der Waals surface area (Å²) in [6, 6.07) is 11.2.